The number of hydrogen-bond donors (Lipinski definition) is 1. The van der Waals surface area contributed by atoms with E-state index in [0.29, 0.717) is 30.8 Å². The number of hydrogen-bond acceptors (Lipinski definition) is 3. The molecule has 0 aromatic heterocycles. The van der Waals surface area contributed by atoms with Gasteiger partial charge in [-0.05, 0) is 54.5 Å². The molecule has 0 spiro atoms. The van der Waals surface area contributed by atoms with E-state index >= 15 is 0 Å². The summed E-state index contributed by atoms with van der Waals surface area (Å²) in [7, 11) is -3.44. The van der Waals surface area contributed by atoms with Gasteiger partial charge in [-0.2, -0.15) is 4.31 Å². The van der Waals surface area contributed by atoms with Crippen molar-refractivity contribution in [3.05, 3.63) is 65.2 Å². The summed E-state index contributed by atoms with van der Waals surface area (Å²) in [5, 5.41) is 3.17. The van der Waals surface area contributed by atoms with Crippen LogP contribution in [0.2, 0.25) is 0 Å². The number of nitrogens with zero attached hydrogens (tertiary/aromatic N) is 1. The molecule has 3 rings (SSSR count). The molecular weight excluding hydrogens is 384 g/mol. The first-order chi connectivity index (χ1) is 14.0. The first-order valence-corrected chi connectivity index (χ1v) is 11.9. The van der Waals surface area contributed by atoms with Crippen LogP contribution in [0.3, 0.4) is 0 Å². The molecule has 1 amide bonds. The van der Waals surface area contributed by atoms with Crippen molar-refractivity contribution in [2.75, 3.05) is 13.1 Å². The molecular formula is C23H30N2O3S. The van der Waals surface area contributed by atoms with Crippen LogP contribution in [0.15, 0.2) is 53.4 Å². The second-order valence-electron chi connectivity index (χ2n) is 7.44. The Balaban J connectivity index is 1.58. The predicted molar refractivity (Wildman–Crippen MR) is 115 cm³/mol. The van der Waals surface area contributed by atoms with Gasteiger partial charge < -0.3 is 5.32 Å². The predicted octanol–water partition coefficient (Wildman–Crippen LogP) is 3.84. The standard InChI is InChI=1S/C23H30N2O3S/c1-3-25(4-2)29(27,28)20-15-12-18(13-16-20)14-17-23(26)24-22-11-7-9-19-8-5-6-10-21(19)22/h5-6,8,10,12-13,15-16,22H,3-4,7,9,11,14,17H2,1-2H3,(H,24,26)/t22-/m1/s1. The first kappa shape index (κ1) is 21.5. The lowest BCUT2D eigenvalue weighted by Gasteiger charge is -2.26. The van der Waals surface area contributed by atoms with E-state index in [1.165, 1.54) is 15.4 Å². The fourth-order valence-corrected chi connectivity index (χ4v) is 5.43. The molecule has 2 aromatic carbocycles. The minimum Gasteiger partial charge on any atom is -0.349 e. The van der Waals surface area contributed by atoms with Crippen molar-refractivity contribution in [1.29, 1.82) is 0 Å². The molecule has 1 atom stereocenters. The van der Waals surface area contributed by atoms with Gasteiger partial charge in [0.05, 0.1) is 10.9 Å². The summed E-state index contributed by atoms with van der Waals surface area (Å²) in [4.78, 5) is 12.8. The van der Waals surface area contributed by atoms with Gasteiger partial charge in [-0.15, -0.1) is 0 Å². The van der Waals surface area contributed by atoms with Crippen molar-refractivity contribution in [3.63, 3.8) is 0 Å². The highest BCUT2D eigenvalue weighted by Gasteiger charge is 2.22. The van der Waals surface area contributed by atoms with E-state index < -0.39 is 10.0 Å². The van der Waals surface area contributed by atoms with Crippen LogP contribution < -0.4 is 5.32 Å². The highest BCUT2D eigenvalue weighted by molar-refractivity contribution is 7.89. The van der Waals surface area contributed by atoms with Gasteiger partial charge in [0.1, 0.15) is 0 Å². The van der Waals surface area contributed by atoms with Crippen molar-refractivity contribution < 1.29 is 13.2 Å². The number of amides is 1. The van der Waals surface area contributed by atoms with Crippen LogP contribution in [-0.2, 0) is 27.7 Å². The molecule has 5 nitrogen and oxygen atoms in total. The third-order valence-corrected chi connectivity index (χ3v) is 7.68. The average molecular weight is 415 g/mol. The molecule has 0 bridgehead atoms. The molecule has 6 heteroatoms. The van der Waals surface area contributed by atoms with E-state index in [9.17, 15) is 13.2 Å². The van der Waals surface area contributed by atoms with Crippen LogP contribution >= 0.6 is 0 Å². The topological polar surface area (TPSA) is 66.5 Å². The zero-order valence-electron chi connectivity index (χ0n) is 17.2. The Labute approximate surface area is 174 Å². The Morgan fingerprint density at radius 3 is 2.45 bits per heavy atom. The van der Waals surface area contributed by atoms with Gasteiger partial charge in [0.15, 0.2) is 0 Å². The fourth-order valence-electron chi connectivity index (χ4n) is 3.97. The minimum atomic E-state index is -3.44. The number of carbonyl (C=O) groups excluding carboxylic acids is 1. The van der Waals surface area contributed by atoms with Crippen LogP contribution in [0.1, 0.15) is 55.8 Å². The molecule has 0 saturated heterocycles. The van der Waals surface area contributed by atoms with E-state index in [1.54, 1.807) is 24.3 Å². The quantitative estimate of drug-likeness (QED) is 0.714. The van der Waals surface area contributed by atoms with Crippen molar-refractivity contribution in [2.24, 2.45) is 0 Å². The summed E-state index contributed by atoms with van der Waals surface area (Å²) in [5.41, 5.74) is 3.52. The van der Waals surface area contributed by atoms with Crippen LogP contribution in [0.4, 0.5) is 0 Å². The van der Waals surface area contributed by atoms with Crippen molar-refractivity contribution >= 4 is 15.9 Å². The summed E-state index contributed by atoms with van der Waals surface area (Å²) in [6, 6.07) is 15.3. The number of rotatable bonds is 8. The molecule has 0 aliphatic heterocycles. The average Bonchev–Trinajstić information content (AvgIpc) is 2.73. The number of fused-ring (bicyclic) bond motifs is 1. The summed E-state index contributed by atoms with van der Waals surface area (Å²) in [6.07, 6.45) is 4.11. The Hall–Kier alpha value is -2.18. The van der Waals surface area contributed by atoms with E-state index in [1.807, 2.05) is 26.0 Å². The molecule has 29 heavy (non-hydrogen) atoms. The van der Waals surface area contributed by atoms with E-state index in [0.717, 1.165) is 24.8 Å². The Kier molecular flexibility index (Phi) is 7.09. The molecule has 0 saturated carbocycles. The number of benzene rings is 2. The third kappa shape index (κ3) is 5.06. The molecule has 156 valence electrons. The maximum absolute atomic E-state index is 12.6. The molecule has 2 aromatic rings. The van der Waals surface area contributed by atoms with Crippen molar-refractivity contribution in [1.82, 2.24) is 9.62 Å². The van der Waals surface area contributed by atoms with Gasteiger partial charge in [-0.1, -0.05) is 50.2 Å². The maximum Gasteiger partial charge on any atom is 0.243 e. The van der Waals surface area contributed by atoms with Crippen LogP contribution in [0.25, 0.3) is 0 Å². The van der Waals surface area contributed by atoms with Gasteiger partial charge in [0.25, 0.3) is 0 Å². The summed E-state index contributed by atoms with van der Waals surface area (Å²) >= 11 is 0. The van der Waals surface area contributed by atoms with Gasteiger partial charge in [-0.25, -0.2) is 8.42 Å². The summed E-state index contributed by atoms with van der Waals surface area (Å²) in [5.74, 6) is 0.0338. The zero-order chi connectivity index (χ0) is 20.9. The lowest BCUT2D eigenvalue weighted by Crippen LogP contribution is -2.31. The van der Waals surface area contributed by atoms with Gasteiger partial charge >= 0.3 is 0 Å². The van der Waals surface area contributed by atoms with Gasteiger partial charge in [-0.3, -0.25) is 4.79 Å². The second-order valence-corrected chi connectivity index (χ2v) is 9.38. The van der Waals surface area contributed by atoms with E-state index in [4.69, 9.17) is 0 Å². The smallest absolute Gasteiger partial charge is 0.243 e. The van der Waals surface area contributed by atoms with Crippen LogP contribution in [0, 0.1) is 0 Å². The Morgan fingerprint density at radius 2 is 1.76 bits per heavy atom. The van der Waals surface area contributed by atoms with Gasteiger partial charge in [0, 0.05) is 19.5 Å². The molecule has 1 aliphatic rings. The van der Waals surface area contributed by atoms with Crippen molar-refractivity contribution in [2.45, 2.75) is 56.9 Å². The largest absolute Gasteiger partial charge is 0.349 e. The highest BCUT2D eigenvalue weighted by Crippen LogP contribution is 2.29. The molecule has 0 unspecified atom stereocenters. The molecule has 0 radical (unpaired) electrons. The van der Waals surface area contributed by atoms with Crippen molar-refractivity contribution in [3.8, 4) is 0 Å². The third-order valence-electron chi connectivity index (χ3n) is 5.61. The fraction of sp³-hybridized carbons (Fsp3) is 0.435. The van der Waals surface area contributed by atoms with Crippen LogP contribution in [-0.4, -0.2) is 31.7 Å². The first-order valence-electron chi connectivity index (χ1n) is 10.4. The zero-order valence-corrected chi connectivity index (χ0v) is 18.0. The number of sulfonamides is 1. The second kappa shape index (κ2) is 9.55. The maximum atomic E-state index is 12.6. The Bertz CT molecular complexity index is 935. The lowest BCUT2D eigenvalue weighted by molar-refractivity contribution is -0.121. The van der Waals surface area contributed by atoms with Crippen LogP contribution in [0.5, 0.6) is 0 Å². The molecule has 1 N–H and O–H groups in total. The molecule has 0 heterocycles. The SMILES string of the molecule is CCN(CC)S(=O)(=O)c1ccc(CCC(=O)N[C@@H]2CCCc3ccccc32)cc1. The highest BCUT2D eigenvalue weighted by atomic mass is 32.2. The monoisotopic (exact) mass is 414 g/mol. The van der Waals surface area contributed by atoms with E-state index in [2.05, 4.69) is 17.4 Å². The lowest BCUT2D eigenvalue weighted by atomic mass is 9.87. The number of aryl methyl sites for hydroxylation is 2. The normalized spacial score (nSPS) is 16.4. The summed E-state index contributed by atoms with van der Waals surface area (Å²) < 4.78 is 26.6. The summed E-state index contributed by atoms with van der Waals surface area (Å²) in [6.45, 7) is 4.56. The Morgan fingerprint density at radius 1 is 1.07 bits per heavy atom. The molecule has 0 fully saturated rings. The van der Waals surface area contributed by atoms with Gasteiger partial charge in [0.2, 0.25) is 15.9 Å². The van der Waals surface area contributed by atoms with E-state index in [-0.39, 0.29) is 11.9 Å². The number of nitrogens with one attached hydrogen (secondary N) is 1. The minimum absolute atomic E-state index is 0.0338. The number of carbonyl (C=O) groups is 1. The molecule has 1 aliphatic carbocycles.